The van der Waals surface area contributed by atoms with Crippen LogP contribution in [0, 0.1) is 6.33 Å². The van der Waals surface area contributed by atoms with Gasteiger partial charge in [-0.1, -0.05) is 176 Å². The van der Waals surface area contributed by atoms with Crippen molar-refractivity contribution >= 4 is 32.8 Å². The highest BCUT2D eigenvalue weighted by molar-refractivity contribution is 6.09. The summed E-state index contributed by atoms with van der Waals surface area (Å²) in [7, 11) is 0. The number of nitrogens with zero attached hydrogens (tertiary/aromatic N) is 4. The summed E-state index contributed by atoms with van der Waals surface area (Å²) < 4.78 is 13.7. The second-order valence-corrected chi connectivity index (χ2v) is 22.0. The van der Waals surface area contributed by atoms with Gasteiger partial charge < -0.3 is 4.74 Å². The molecule has 5 heteroatoms. The molecule has 13 rings (SSSR count). The van der Waals surface area contributed by atoms with E-state index in [9.17, 15) is 0 Å². The molecular weight excluding hydrogens is 865 g/mol. The van der Waals surface area contributed by atoms with Crippen molar-refractivity contribution in [3.63, 3.8) is 0 Å². The lowest BCUT2D eigenvalue weighted by atomic mass is 9.63. The fourth-order valence-corrected chi connectivity index (χ4v) is 11.7. The van der Waals surface area contributed by atoms with Crippen LogP contribution >= 0.6 is 0 Å². The summed E-state index contributed by atoms with van der Waals surface area (Å²) in [6.07, 6.45) is 8.26. The SMILES string of the molecule is CC(C)(C)c1ccnc(-n2c3ccccc3c3ccc(Oc4cccc(-n5[c-][n+]6c7c(cccc75)-c5ccccc5-c5ccccc5-c5cccc(-c7ccc8c(c7)C(C)(C)CCC8(C)C)c5-6)c4)cc32)c1. The molecule has 11 aromatic rings. The van der Waals surface area contributed by atoms with Crippen LogP contribution in [0.1, 0.15) is 78.0 Å². The van der Waals surface area contributed by atoms with Gasteiger partial charge in [0, 0.05) is 23.0 Å². The Balaban J connectivity index is 0.997. The second-order valence-electron chi connectivity index (χ2n) is 22.0. The van der Waals surface area contributed by atoms with Gasteiger partial charge in [0.2, 0.25) is 0 Å². The number of fused-ring (bicyclic) bond motifs is 11. The van der Waals surface area contributed by atoms with E-state index in [0.717, 1.165) is 73.7 Å². The average molecular weight is 921 g/mol. The standard InChI is InChI=1S/C66H56N4O/c1-64(2,3)43-33-36-67-61(38-43)70-58-27-13-12-23-52(58)53-31-30-46(40-60(53)70)71-45-18-14-17-44(39-45)68-41-69-62-47(42-29-32-56-57(37-42)66(6,7)35-34-65(56,4)5)24-15-25-54(62)50-21-10-8-19-48(50)49-20-9-11-22-51(49)55-26-16-28-59(68)63(55)69/h8-33,36-40H,34-35H2,1-7H3. The molecule has 71 heavy (non-hydrogen) atoms. The van der Waals surface area contributed by atoms with E-state index in [1.165, 1.54) is 61.9 Å². The molecule has 0 radical (unpaired) electrons. The first-order valence-electron chi connectivity index (χ1n) is 25.1. The molecule has 2 aliphatic rings. The Hall–Kier alpha value is -8.02. The molecular formula is C66H56N4O. The third-order valence-corrected chi connectivity index (χ3v) is 15.6. The topological polar surface area (TPSA) is 35.9 Å². The summed E-state index contributed by atoms with van der Waals surface area (Å²) >= 11 is 0. The van der Waals surface area contributed by atoms with Gasteiger partial charge in [-0.15, -0.1) is 0 Å². The van der Waals surface area contributed by atoms with E-state index < -0.39 is 0 Å². The van der Waals surface area contributed by atoms with Crippen LogP contribution < -0.4 is 9.30 Å². The van der Waals surface area contributed by atoms with Crippen molar-refractivity contribution in [3.8, 4) is 73.2 Å². The monoisotopic (exact) mass is 920 g/mol. The molecule has 0 atom stereocenters. The zero-order valence-corrected chi connectivity index (χ0v) is 41.5. The normalized spacial score (nSPS) is 14.5. The molecule has 0 N–H and O–H groups in total. The van der Waals surface area contributed by atoms with Crippen LogP contribution in [0.15, 0.2) is 188 Å². The average Bonchev–Trinajstić information content (AvgIpc) is 3.94. The van der Waals surface area contributed by atoms with E-state index in [2.05, 4.69) is 244 Å². The molecule has 0 amide bonds. The zero-order valence-electron chi connectivity index (χ0n) is 41.5. The van der Waals surface area contributed by atoms with Gasteiger partial charge in [0.25, 0.3) is 6.33 Å². The molecule has 4 heterocycles. The molecule has 0 saturated heterocycles. The first-order chi connectivity index (χ1) is 34.3. The number of hydrogen-bond donors (Lipinski definition) is 0. The van der Waals surface area contributed by atoms with Gasteiger partial charge in [-0.25, -0.2) is 4.98 Å². The van der Waals surface area contributed by atoms with Crippen molar-refractivity contribution in [2.24, 2.45) is 0 Å². The number of rotatable bonds is 5. The number of hydrogen-bond acceptors (Lipinski definition) is 2. The first kappa shape index (κ1) is 43.0. The molecule has 0 fully saturated rings. The summed E-state index contributed by atoms with van der Waals surface area (Å²) in [5.74, 6) is 2.37. The van der Waals surface area contributed by atoms with Crippen LogP contribution in [0.4, 0.5) is 0 Å². The van der Waals surface area contributed by atoms with Crippen LogP contribution in [0.25, 0.3) is 94.5 Å². The molecule has 5 nitrogen and oxygen atoms in total. The van der Waals surface area contributed by atoms with Gasteiger partial charge in [-0.3, -0.25) is 13.7 Å². The predicted molar refractivity (Wildman–Crippen MR) is 292 cm³/mol. The summed E-state index contributed by atoms with van der Waals surface area (Å²) in [6, 6.07) is 66.3. The molecule has 8 aromatic carbocycles. The highest BCUT2D eigenvalue weighted by Crippen LogP contribution is 2.49. The Kier molecular flexibility index (Phi) is 9.54. The highest BCUT2D eigenvalue weighted by atomic mass is 16.5. The van der Waals surface area contributed by atoms with Crippen molar-refractivity contribution in [2.75, 3.05) is 0 Å². The molecule has 1 aliphatic heterocycles. The lowest BCUT2D eigenvalue weighted by Gasteiger charge is -2.42. The Bertz CT molecular complexity index is 3970. The third-order valence-electron chi connectivity index (χ3n) is 15.6. The van der Waals surface area contributed by atoms with Crippen molar-refractivity contribution in [1.82, 2.24) is 14.1 Å². The van der Waals surface area contributed by atoms with E-state index in [1.807, 2.05) is 12.3 Å². The van der Waals surface area contributed by atoms with Gasteiger partial charge in [-0.05, 0) is 139 Å². The largest absolute Gasteiger partial charge is 0.458 e. The quantitative estimate of drug-likeness (QED) is 0.127. The number of ether oxygens (including phenoxy) is 1. The Morgan fingerprint density at radius 2 is 1.13 bits per heavy atom. The number of benzene rings is 8. The van der Waals surface area contributed by atoms with E-state index in [1.54, 1.807) is 0 Å². The van der Waals surface area contributed by atoms with Gasteiger partial charge >= 0.3 is 0 Å². The molecule has 0 saturated carbocycles. The van der Waals surface area contributed by atoms with Crippen molar-refractivity contribution in [1.29, 1.82) is 0 Å². The minimum atomic E-state index is -0.0212. The van der Waals surface area contributed by atoms with Crippen LogP contribution in [0.3, 0.4) is 0 Å². The smallest absolute Gasteiger partial charge is 0.269 e. The Morgan fingerprint density at radius 1 is 0.521 bits per heavy atom. The summed E-state index contributed by atoms with van der Waals surface area (Å²) in [6.45, 7) is 16.4. The van der Waals surface area contributed by atoms with Gasteiger partial charge in [0.15, 0.2) is 0 Å². The fourth-order valence-electron chi connectivity index (χ4n) is 11.7. The number of para-hydroxylation sites is 3. The van der Waals surface area contributed by atoms with Crippen LogP contribution in [-0.2, 0) is 16.2 Å². The maximum atomic E-state index is 6.88. The maximum absolute atomic E-state index is 6.88. The molecule has 0 bridgehead atoms. The molecule has 3 aromatic heterocycles. The third kappa shape index (κ3) is 6.88. The number of aromatic nitrogens is 4. The van der Waals surface area contributed by atoms with Crippen molar-refractivity contribution in [2.45, 2.75) is 77.6 Å². The lowest BCUT2D eigenvalue weighted by molar-refractivity contribution is -0.570. The molecule has 0 unspecified atom stereocenters. The van der Waals surface area contributed by atoms with Crippen molar-refractivity contribution < 1.29 is 9.30 Å². The molecule has 0 spiro atoms. The zero-order chi connectivity index (χ0) is 48.4. The van der Waals surface area contributed by atoms with E-state index >= 15 is 0 Å². The minimum Gasteiger partial charge on any atom is -0.458 e. The van der Waals surface area contributed by atoms with Crippen molar-refractivity contribution in [3.05, 3.63) is 211 Å². The van der Waals surface area contributed by atoms with Crippen LogP contribution in [0.2, 0.25) is 0 Å². The van der Waals surface area contributed by atoms with E-state index in [4.69, 9.17) is 9.72 Å². The fraction of sp³-hybridized carbons (Fsp3) is 0.182. The Labute approximate surface area is 416 Å². The van der Waals surface area contributed by atoms with Gasteiger partial charge in [-0.2, -0.15) is 0 Å². The van der Waals surface area contributed by atoms with E-state index in [0.29, 0.717) is 0 Å². The number of imidazole rings is 1. The maximum Gasteiger partial charge on any atom is 0.269 e. The first-order valence-corrected chi connectivity index (χ1v) is 25.1. The van der Waals surface area contributed by atoms with E-state index in [-0.39, 0.29) is 16.2 Å². The Morgan fingerprint density at radius 3 is 1.90 bits per heavy atom. The predicted octanol–water partition coefficient (Wildman–Crippen LogP) is 16.6. The summed E-state index contributed by atoms with van der Waals surface area (Å²) in [4.78, 5) is 4.92. The summed E-state index contributed by atoms with van der Waals surface area (Å²) in [5.41, 5.74) is 20.1. The molecule has 1 aliphatic carbocycles. The summed E-state index contributed by atoms with van der Waals surface area (Å²) in [5, 5.41) is 2.33. The number of pyridine rings is 1. The second kappa shape index (κ2) is 15.7. The van der Waals surface area contributed by atoms with Gasteiger partial charge in [0.1, 0.15) is 17.3 Å². The molecule has 346 valence electrons. The highest BCUT2D eigenvalue weighted by Gasteiger charge is 2.37. The van der Waals surface area contributed by atoms with Crippen LogP contribution in [-0.4, -0.2) is 14.1 Å². The van der Waals surface area contributed by atoms with Crippen LogP contribution in [0.5, 0.6) is 11.5 Å². The van der Waals surface area contributed by atoms with Gasteiger partial charge in [0.05, 0.1) is 33.4 Å². The lowest BCUT2D eigenvalue weighted by Crippen LogP contribution is -2.34. The minimum absolute atomic E-state index is 0.0212.